The predicted octanol–water partition coefficient (Wildman–Crippen LogP) is 2.43. The van der Waals surface area contributed by atoms with Crippen LogP contribution in [0.4, 0.5) is 0 Å². The van der Waals surface area contributed by atoms with E-state index in [-0.39, 0.29) is 36.1 Å². The molecule has 0 aromatic carbocycles. The Labute approximate surface area is 171 Å². The Morgan fingerprint density at radius 3 is 2.21 bits per heavy atom. The third-order valence-corrected chi connectivity index (χ3v) is 3.57. The second-order valence-corrected chi connectivity index (χ2v) is 6.74. The Morgan fingerprint density at radius 1 is 1.17 bits per heavy atom. The predicted molar refractivity (Wildman–Crippen MR) is 107 cm³/mol. The number of amides is 1. The van der Waals surface area contributed by atoms with Crippen LogP contribution in [0.2, 0.25) is 0 Å². The first kappa shape index (κ1) is 23.9. The molecule has 29 heavy (non-hydrogen) atoms. The monoisotopic (exact) mass is 407 g/mol. The Hall–Kier alpha value is -3.10. The van der Waals surface area contributed by atoms with Crippen LogP contribution < -0.4 is 19.5 Å². The van der Waals surface area contributed by atoms with Crippen molar-refractivity contribution >= 4 is 11.9 Å². The van der Waals surface area contributed by atoms with Gasteiger partial charge in [-0.3, -0.25) is 4.79 Å². The van der Waals surface area contributed by atoms with Gasteiger partial charge in [-0.2, -0.15) is 9.97 Å². The standard InChI is InChI=1S/C20H29N3O6/c1-8-9-28-19(25)14(10-12(2)3)21-18(24)17(13(4)5)29-20-22-15(26-6)11-16(23-20)27-7/h8,11-12,14H,1,9-10H2,2-7H3,(H,21,24)/t14-/m0/s1. The van der Waals surface area contributed by atoms with E-state index in [0.29, 0.717) is 12.0 Å². The smallest absolute Gasteiger partial charge is 0.328 e. The van der Waals surface area contributed by atoms with E-state index in [2.05, 4.69) is 21.9 Å². The molecule has 1 atom stereocenters. The third-order valence-electron chi connectivity index (χ3n) is 3.57. The molecule has 9 nitrogen and oxygen atoms in total. The normalized spacial score (nSPS) is 11.3. The molecule has 0 aliphatic rings. The minimum atomic E-state index is -0.832. The summed E-state index contributed by atoms with van der Waals surface area (Å²) >= 11 is 0. The first-order valence-electron chi connectivity index (χ1n) is 9.12. The van der Waals surface area contributed by atoms with Crippen molar-refractivity contribution in [3.63, 3.8) is 0 Å². The quantitative estimate of drug-likeness (QED) is 0.258. The minimum absolute atomic E-state index is 0.0365. The molecule has 0 spiro atoms. The fourth-order valence-corrected chi connectivity index (χ4v) is 2.26. The maximum absolute atomic E-state index is 12.8. The van der Waals surface area contributed by atoms with Crippen LogP contribution in [-0.2, 0) is 14.3 Å². The molecule has 0 saturated heterocycles. The highest BCUT2D eigenvalue weighted by Crippen LogP contribution is 2.21. The first-order valence-corrected chi connectivity index (χ1v) is 9.12. The molecule has 1 heterocycles. The third kappa shape index (κ3) is 7.81. The van der Waals surface area contributed by atoms with Crippen molar-refractivity contribution in [2.75, 3.05) is 20.8 Å². The molecule has 0 aliphatic carbocycles. The van der Waals surface area contributed by atoms with Gasteiger partial charge in [0.05, 0.1) is 20.3 Å². The van der Waals surface area contributed by atoms with Crippen molar-refractivity contribution in [2.24, 2.45) is 5.92 Å². The van der Waals surface area contributed by atoms with Gasteiger partial charge in [-0.15, -0.1) is 0 Å². The van der Waals surface area contributed by atoms with E-state index < -0.39 is 17.9 Å². The highest BCUT2D eigenvalue weighted by Gasteiger charge is 2.26. The van der Waals surface area contributed by atoms with Crippen LogP contribution in [0.1, 0.15) is 34.1 Å². The average Bonchev–Trinajstić information content (AvgIpc) is 2.68. The number of methoxy groups -OCH3 is 2. The lowest BCUT2D eigenvalue weighted by Gasteiger charge is -2.20. The molecule has 0 bridgehead atoms. The summed E-state index contributed by atoms with van der Waals surface area (Å²) in [6.45, 7) is 10.8. The summed E-state index contributed by atoms with van der Waals surface area (Å²) in [7, 11) is 2.87. The Morgan fingerprint density at radius 2 is 1.76 bits per heavy atom. The summed E-state index contributed by atoms with van der Waals surface area (Å²) < 4.78 is 20.9. The summed E-state index contributed by atoms with van der Waals surface area (Å²) in [5, 5.41) is 2.67. The van der Waals surface area contributed by atoms with Gasteiger partial charge in [-0.25, -0.2) is 4.79 Å². The van der Waals surface area contributed by atoms with Crippen LogP contribution in [0.15, 0.2) is 30.1 Å². The van der Waals surface area contributed by atoms with Gasteiger partial charge in [-0.1, -0.05) is 26.5 Å². The Bertz CT molecular complexity index is 734. The molecule has 0 aliphatic heterocycles. The zero-order valence-electron chi connectivity index (χ0n) is 17.8. The number of hydrogen-bond acceptors (Lipinski definition) is 8. The lowest BCUT2D eigenvalue weighted by Crippen LogP contribution is -2.44. The van der Waals surface area contributed by atoms with E-state index >= 15 is 0 Å². The largest absolute Gasteiger partial charge is 0.481 e. The lowest BCUT2D eigenvalue weighted by atomic mass is 10.0. The second-order valence-electron chi connectivity index (χ2n) is 6.74. The van der Waals surface area contributed by atoms with E-state index in [1.165, 1.54) is 26.4 Å². The first-order chi connectivity index (χ1) is 13.7. The van der Waals surface area contributed by atoms with Crippen LogP contribution in [0.5, 0.6) is 17.8 Å². The SMILES string of the molecule is C=CCOC(=O)[C@H](CC(C)C)NC(=O)C(Oc1nc(OC)cc(OC)n1)=C(C)C. The fraction of sp³-hybridized carbons (Fsp3) is 0.500. The van der Waals surface area contributed by atoms with Gasteiger partial charge in [0.1, 0.15) is 12.6 Å². The fourth-order valence-electron chi connectivity index (χ4n) is 2.26. The van der Waals surface area contributed by atoms with Crippen LogP contribution in [0.25, 0.3) is 0 Å². The van der Waals surface area contributed by atoms with E-state index in [4.69, 9.17) is 18.9 Å². The molecule has 160 valence electrons. The number of aromatic nitrogens is 2. The molecule has 1 amide bonds. The number of hydrogen-bond donors (Lipinski definition) is 1. The molecule has 1 aromatic heterocycles. The Balaban J connectivity index is 3.06. The summed E-state index contributed by atoms with van der Waals surface area (Å²) in [5.41, 5.74) is 0.565. The average molecular weight is 407 g/mol. The number of esters is 1. The van der Waals surface area contributed by atoms with Gasteiger partial charge >= 0.3 is 12.0 Å². The molecule has 9 heteroatoms. The molecule has 1 aromatic rings. The van der Waals surface area contributed by atoms with Crippen molar-refractivity contribution in [3.8, 4) is 17.8 Å². The number of carbonyl (C=O) groups excluding carboxylic acids is 2. The van der Waals surface area contributed by atoms with Crippen molar-refractivity contribution in [1.82, 2.24) is 15.3 Å². The highest BCUT2D eigenvalue weighted by molar-refractivity contribution is 5.95. The Kier molecular flexibility index (Phi) is 9.64. The van der Waals surface area contributed by atoms with E-state index in [1.54, 1.807) is 13.8 Å². The summed E-state index contributed by atoms with van der Waals surface area (Å²) in [6, 6.07) is 0.520. The van der Waals surface area contributed by atoms with Gasteiger partial charge in [-0.05, 0) is 31.8 Å². The number of allylic oxidation sites excluding steroid dienone is 1. The van der Waals surface area contributed by atoms with E-state index in [1.807, 2.05) is 13.8 Å². The lowest BCUT2D eigenvalue weighted by molar-refractivity contribution is -0.147. The van der Waals surface area contributed by atoms with Gasteiger partial charge in [0.15, 0.2) is 5.76 Å². The number of carbonyl (C=O) groups is 2. The van der Waals surface area contributed by atoms with Crippen LogP contribution in [-0.4, -0.2) is 48.7 Å². The molecule has 0 saturated carbocycles. The number of rotatable bonds is 11. The minimum Gasteiger partial charge on any atom is -0.481 e. The summed E-state index contributed by atoms with van der Waals surface area (Å²) in [6.07, 6.45) is 1.87. The zero-order valence-corrected chi connectivity index (χ0v) is 17.8. The van der Waals surface area contributed by atoms with Crippen molar-refractivity contribution in [1.29, 1.82) is 0 Å². The summed E-state index contributed by atoms with van der Waals surface area (Å²) in [5.74, 6) is -0.586. The van der Waals surface area contributed by atoms with Crippen molar-refractivity contribution in [3.05, 3.63) is 30.1 Å². The maximum atomic E-state index is 12.8. The van der Waals surface area contributed by atoms with Gasteiger partial charge in [0, 0.05) is 0 Å². The number of ether oxygens (including phenoxy) is 4. The highest BCUT2D eigenvalue weighted by atomic mass is 16.5. The van der Waals surface area contributed by atoms with E-state index in [9.17, 15) is 9.59 Å². The maximum Gasteiger partial charge on any atom is 0.328 e. The van der Waals surface area contributed by atoms with E-state index in [0.717, 1.165) is 0 Å². The molecule has 0 unspecified atom stereocenters. The molecule has 0 fully saturated rings. The van der Waals surface area contributed by atoms with Gasteiger partial charge in [0.25, 0.3) is 5.91 Å². The van der Waals surface area contributed by atoms with Crippen molar-refractivity contribution < 1.29 is 28.5 Å². The summed E-state index contributed by atoms with van der Waals surface area (Å²) in [4.78, 5) is 33.2. The van der Waals surface area contributed by atoms with Gasteiger partial charge < -0.3 is 24.3 Å². The number of nitrogens with zero attached hydrogens (tertiary/aromatic N) is 2. The van der Waals surface area contributed by atoms with Crippen LogP contribution in [0.3, 0.4) is 0 Å². The topological polar surface area (TPSA) is 109 Å². The second kappa shape index (κ2) is 11.7. The molecule has 1 rings (SSSR count). The molecular formula is C20H29N3O6. The van der Waals surface area contributed by atoms with Gasteiger partial charge in [0.2, 0.25) is 11.8 Å². The molecular weight excluding hydrogens is 378 g/mol. The number of nitrogens with one attached hydrogen (secondary N) is 1. The van der Waals surface area contributed by atoms with Crippen LogP contribution >= 0.6 is 0 Å². The zero-order chi connectivity index (χ0) is 22.0. The van der Waals surface area contributed by atoms with Crippen molar-refractivity contribution in [2.45, 2.75) is 40.2 Å². The van der Waals surface area contributed by atoms with Crippen LogP contribution in [0, 0.1) is 5.92 Å². The molecule has 1 N–H and O–H groups in total. The molecule has 0 radical (unpaired) electrons.